The molecule has 1 aliphatic heterocycles. The van der Waals surface area contributed by atoms with Crippen LogP contribution in [0.2, 0.25) is 0 Å². The Morgan fingerprint density at radius 1 is 1.16 bits per heavy atom. The van der Waals surface area contributed by atoms with Crippen molar-refractivity contribution in [2.75, 3.05) is 18.8 Å². The van der Waals surface area contributed by atoms with Gasteiger partial charge in [-0.15, -0.1) is 0 Å². The lowest BCUT2D eigenvalue weighted by Gasteiger charge is -2.41. The molecule has 1 aliphatic carbocycles. The lowest BCUT2D eigenvalue weighted by Crippen LogP contribution is -2.41. The quantitative estimate of drug-likeness (QED) is 0.827. The Bertz CT molecular complexity index is 446. The topological polar surface area (TPSA) is 29.3 Å². The number of piperidine rings is 1. The molecule has 1 saturated heterocycles. The number of halogens is 1. The molecule has 2 nitrogen and oxygen atoms in total. The molecule has 3 rings (SSSR count). The van der Waals surface area contributed by atoms with E-state index in [-0.39, 0.29) is 5.82 Å². The van der Waals surface area contributed by atoms with E-state index in [0.29, 0.717) is 5.69 Å². The number of rotatable bonds is 2. The van der Waals surface area contributed by atoms with Gasteiger partial charge in [-0.3, -0.25) is 4.90 Å². The highest BCUT2D eigenvalue weighted by atomic mass is 19.1. The molecule has 2 fully saturated rings. The van der Waals surface area contributed by atoms with Crippen LogP contribution in [0.3, 0.4) is 0 Å². The molecule has 1 aromatic carbocycles. The van der Waals surface area contributed by atoms with Crippen molar-refractivity contribution in [1.82, 2.24) is 4.90 Å². The van der Waals surface area contributed by atoms with Crippen molar-refractivity contribution in [2.24, 2.45) is 11.8 Å². The van der Waals surface area contributed by atoms with Crippen LogP contribution in [0.4, 0.5) is 10.1 Å². The van der Waals surface area contributed by atoms with Gasteiger partial charge in [-0.2, -0.15) is 0 Å². The summed E-state index contributed by atoms with van der Waals surface area (Å²) >= 11 is 0. The maximum atomic E-state index is 13.8. The van der Waals surface area contributed by atoms with Crippen molar-refractivity contribution in [3.8, 4) is 0 Å². The summed E-state index contributed by atoms with van der Waals surface area (Å²) < 4.78 is 13.8. The summed E-state index contributed by atoms with van der Waals surface area (Å²) in [6.45, 7) is 2.99. The van der Waals surface area contributed by atoms with E-state index in [2.05, 4.69) is 4.90 Å². The van der Waals surface area contributed by atoms with Gasteiger partial charge in [-0.25, -0.2) is 4.39 Å². The van der Waals surface area contributed by atoms with Gasteiger partial charge in [0.2, 0.25) is 0 Å². The first-order valence-corrected chi connectivity index (χ1v) is 7.48. The van der Waals surface area contributed by atoms with Crippen LogP contribution in [0.5, 0.6) is 0 Å². The Kier molecular flexibility index (Phi) is 3.74. The number of hydrogen-bond acceptors (Lipinski definition) is 2. The Balaban J connectivity index is 1.64. The van der Waals surface area contributed by atoms with Crippen LogP contribution in [0, 0.1) is 17.7 Å². The molecule has 2 unspecified atom stereocenters. The van der Waals surface area contributed by atoms with Gasteiger partial charge in [0.05, 0.1) is 0 Å². The second-order valence-electron chi connectivity index (χ2n) is 6.18. The molecule has 1 saturated carbocycles. The Hall–Kier alpha value is -1.09. The van der Waals surface area contributed by atoms with E-state index in [1.165, 1.54) is 38.2 Å². The van der Waals surface area contributed by atoms with Crippen LogP contribution in [-0.4, -0.2) is 18.0 Å². The first-order valence-electron chi connectivity index (χ1n) is 7.48. The molecule has 0 radical (unpaired) electrons. The van der Waals surface area contributed by atoms with Crippen molar-refractivity contribution in [1.29, 1.82) is 0 Å². The van der Waals surface area contributed by atoms with Gasteiger partial charge in [0, 0.05) is 24.3 Å². The zero-order valence-electron chi connectivity index (χ0n) is 11.4. The van der Waals surface area contributed by atoms with Crippen LogP contribution in [0.1, 0.15) is 37.7 Å². The van der Waals surface area contributed by atoms with Crippen LogP contribution in [0.15, 0.2) is 18.2 Å². The maximum Gasteiger partial charge on any atom is 0.129 e. The molecular weight excluding hydrogens is 239 g/mol. The average Bonchev–Trinajstić information content (AvgIpc) is 2.42. The summed E-state index contributed by atoms with van der Waals surface area (Å²) in [5.41, 5.74) is 6.88. The van der Waals surface area contributed by atoms with Crippen LogP contribution >= 0.6 is 0 Å². The molecule has 1 aromatic rings. The van der Waals surface area contributed by atoms with E-state index in [0.717, 1.165) is 37.0 Å². The minimum absolute atomic E-state index is 0.161. The fourth-order valence-corrected chi connectivity index (χ4v) is 3.75. The summed E-state index contributed by atoms with van der Waals surface area (Å²) in [7, 11) is 0. The molecule has 0 amide bonds. The third-order valence-electron chi connectivity index (χ3n) is 4.85. The average molecular weight is 262 g/mol. The summed E-state index contributed by atoms with van der Waals surface area (Å²) in [5.74, 6) is 1.62. The van der Waals surface area contributed by atoms with Gasteiger partial charge < -0.3 is 5.73 Å². The highest BCUT2D eigenvalue weighted by Gasteiger charge is 2.31. The molecule has 0 bridgehead atoms. The number of nitrogen functional groups attached to an aromatic ring is 1. The van der Waals surface area contributed by atoms with E-state index >= 15 is 0 Å². The largest absolute Gasteiger partial charge is 0.399 e. The van der Waals surface area contributed by atoms with Crippen molar-refractivity contribution < 1.29 is 4.39 Å². The highest BCUT2D eigenvalue weighted by molar-refractivity contribution is 5.40. The molecule has 104 valence electrons. The molecule has 19 heavy (non-hydrogen) atoms. The molecule has 2 aliphatic rings. The summed E-state index contributed by atoms with van der Waals surface area (Å²) in [5, 5.41) is 0. The zero-order chi connectivity index (χ0) is 13.2. The van der Waals surface area contributed by atoms with Gasteiger partial charge in [0.25, 0.3) is 0 Å². The third-order valence-corrected chi connectivity index (χ3v) is 4.85. The lowest BCUT2D eigenvalue weighted by atomic mass is 9.75. The Morgan fingerprint density at radius 2 is 1.95 bits per heavy atom. The first kappa shape index (κ1) is 12.9. The standard InChI is InChI=1S/C16H23FN2/c17-16-9-15(18)6-5-14(16)11-19-8-7-12-3-1-2-4-13(12)10-19/h5-6,9,12-13H,1-4,7-8,10-11,18H2. The normalized spacial score (nSPS) is 28.1. The van der Waals surface area contributed by atoms with E-state index in [1.54, 1.807) is 6.07 Å². The fourth-order valence-electron chi connectivity index (χ4n) is 3.75. The predicted molar refractivity (Wildman–Crippen MR) is 76.2 cm³/mol. The molecule has 1 heterocycles. The molecule has 2 N–H and O–H groups in total. The molecule has 3 heteroatoms. The molecule has 0 aromatic heterocycles. The highest BCUT2D eigenvalue weighted by Crippen LogP contribution is 2.36. The lowest BCUT2D eigenvalue weighted by molar-refractivity contribution is 0.0813. The Morgan fingerprint density at radius 3 is 2.74 bits per heavy atom. The smallest absolute Gasteiger partial charge is 0.129 e. The third kappa shape index (κ3) is 2.92. The SMILES string of the molecule is Nc1ccc(CN2CCC3CCCCC3C2)c(F)c1. The van der Waals surface area contributed by atoms with Gasteiger partial charge in [-0.1, -0.05) is 25.3 Å². The maximum absolute atomic E-state index is 13.8. The van der Waals surface area contributed by atoms with Gasteiger partial charge in [0.15, 0.2) is 0 Å². The number of benzene rings is 1. The van der Waals surface area contributed by atoms with Gasteiger partial charge in [-0.05, 0) is 43.4 Å². The molecule has 2 atom stereocenters. The minimum Gasteiger partial charge on any atom is -0.399 e. The molecular formula is C16H23FN2. The van der Waals surface area contributed by atoms with Crippen LogP contribution in [0.25, 0.3) is 0 Å². The molecule has 0 spiro atoms. The number of nitrogens with two attached hydrogens (primary N) is 1. The predicted octanol–water partition coefficient (Wildman–Crippen LogP) is 3.42. The first-order chi connectivity index (χ1) is 9.22. The second-order valence-corrected chi connectivity index (χ2v) is 6.18. The number of hydrogen-bond donors (Lipinski definition) is 1. The number of likely N-dealkylation sites (tertiary alicyclic amines) is 1. The number of fused-ring (bicyclic) bond motifs is 1. The summed E-state index contributed by atoms with van der Waals surface area (Å²) in [6, 6.07) is 5.06. The number of anilines is 1. The number of nitrogens with zero attached hydrogens (tertiary/aromatic N) is 1. The van der Waals surface area contributed by atoms with Crippen LogP contribution in [-0.2, 0) is 6.54 Å². The summed E-state index contributed by atoms with van der Waals surface area (Å²) in [6.07, 6.45) is 6.86. The van der Waals surface area contributed by atoms with E-state index in [1.807, 2.05) is 6.07 Å². The van der Waals surface area contributed by atoms with E-state index in [9.17, 15) is 4.39 Å². The Labute approximate surface area is 114 Å². The minimum atomic E-state index is -0.161. The second kappa shape index (κ2) is 5.49. The fraction of sp³-hybridized carbons (Fsp3) is 0.625. The van der Waals surface area contributed by atoms with Crippen molar-refractivity contribution >= 4 is 5.69 Å². The van der Waals surface area contributed by atoms with Crippen molar-refractivity contribution in [3.05, 3.63) is 29.6 Å². The van der Waals surface area contributed by atoms with Crippen LogP contribution < -0.4 is 5.73 Å². The van der Waals surface area contributed by atoms with Crippen molar-refractivity contribution in [3.63, 3.8) is 0 Å². The van der Waals surface area contributed by atoms with E-state index < -0.39 is 0 Å². The summed E-state index contributed by atoms with van der Waals surface area (Å²) in [4.78, 5) is 2.42. The van der Waals surface area contributed by atoms with Gasteiger partial charge in [0.1, 0.15) is 5.82 Å². The van der Waals surface area contributed by atoms with Crippen molar-refractivity contribution in [2.45, 2.75) is 38.6 Å². The van der Waals surface area contributed by atoms with Gasteiger partial charge >= 0.3 is 0 Å². The van der Waals surface area contributed by atoms with E-state index in [4.69, 9.17) is 5.73 Å². The zero-order valence-corrected chi connectivity index (χ0v) is 11.4. The monoisotopic (exact) mass is 262 g/mol.